The Hall–Kier alpha value is -4.39. The lowest BCUT2D eigenvalue weighted by molar-refractivity contribution is -0.135. The maximum atomic E-state index is 13.9. The van der Waals surface area contributed by atoms with E-state index in [0.717, 1.165) is 22.0 Å². The van der Waals surface area contributed by atoms with Crippen molar-refractivity contribution in [3.63, 3.8) is 0 Å². The van der Waals surface area contributed by atoms with Gasteiger partial charge < -0.3 is 20.1 Å². The largest absolute Gasteiger partial charge is 0.361 e. The average Bonchev–Trinajstić information content (AvgIpc) is 3.35. The third kappa shape index (κ3) is 5.32. The molecule has 1 aromatic heterocycles. The summed E-state index contributed by atoms with van der Waals surface area (Å²) >= 11 is 0. The Labute approximate surface area is 222 Å². The predicted octanol–water partition coefficient (Wildman–Crippen LogP) is 4.19. The van der Waals surface area contributed by atoms with E-state index < -0.39 is 6.04 Å². The number of carbonyl (C=O) groups excluding carboxylic acids is 3. The molecule has 0 spiro atoms. The second-order valence-electron chi connectivity index (χ2n) is 9.95. The van der Waals surface area contributed by atoms with Crippen molar-refractivity contribution >= 4 is 28.6 Å². The Morgan fingerprint density at radius 3 is 2.37 bits per heavy atom. The summed E-state index contributed by atoms with van der Waals surface area (Å²) in [5.74, 6) is -0.461. The summed E-state index contributed by atoms with van der Waals surface area (Å²) in [5.41, 5.74) is 4.17. The predicted molar refractivity (Wildman–Crippen MR) is 148 cm³/mol. The Bertz CT molecular complexity index is 1450. The molecule has 1 fully saturated rings. The van der Waals surface area contributed by atoms with E-state index in [2.05, 4.69) is 10.3 Å². The highest BCUT2D eigenvalue weighted by atomic mass is 16.2. The van der Waals surface area contributed by atoms with E-state index in [0.29, 0.717) is 37.2 Å². The fourth-order valence-corrected chi connectivity index (χ4v) is 5.09. The monoisotopic (exact) mass is 508 g/mol. The van der Waals surface area contributed by atoms with Crippen molar-refractivity contribution in [3.8, 4) is 0 Å². The number of benzene rings is 3. The van der Waals surface area contributed by atoms with Crippen molar-refractivity contribution in [2.75, 3.05) is 19.6 Å². The first-order chi connectivity index (χ1) is 18.4. The molecule has 5 rings (SSSR count). The number of nitrogens with zero attached hydrogens (tertiary/aromatic N) is 2. The number of hydrogen-bond donors (Lipinski definition) is 2. The van der Waals surface area contributed by atoms with Gasteiger partial charge in [-0.15, -0.1) is 0 Å². The van der Waals surface area contributed by atoms with Gasteiger partial charge in [0.1, 0.15) is 6.04 Å². The molecule has 4 aromatic rings. The molecule has 0 bridgehead atoms. The Morgan fingerprint density at radius 2 is 1.63 bits per heavy atom. The van der Waals surface area contributed by atoms with E-state index in [9.17, 15) is 14.4 Å². The lowest BCUT2D eigenvalue weighted by Gasteiger charge is -2.41. The number of nitrogens with one attached hydrogen (secondary N) is 2. The van der Waals surface area contributed by atoms with Gasteiger partial charge in [0.25, 0.3) is 11.8 Å². The Kier molecular flexibility index (Phi) is 7.26. The molecule has 2 atom stereocenters. The molecule has 3 aromatic carbocycles. The molecular formula is C31H32N4O3. The van der Waals surface area contributed by atoms with Crippen molar-refractivity contribution in [2.24, 2.45) is 0 Å². The third-order valence-electron chi connectivity index (χ3n) is 7.24. The number of para-hydroxylation sites is 1. The van der Waals surface area contributed by atoms with E-state index >= 15 is 0 Å². The second kappa shape index (κ2) is 10.9. The van der Waals surface area contributed by atoms with Gasteiger partial charge in [0.2, 0.25) is 5.91 Å². The fraction of sp³-hybridized carbons (Fsp3) is 0.258. The topological polar surface area (TPSA) is 85.5 Å². The summed E-state index contributed by atoms with van der Waals surface area (Å²) in [6.45, 7) is 5.18. The molecule has 2 unspecified atom stereocenters. The first-order valence-electron chi connectivity index (χ1n) is 13.0. The molecule has 1 saturated heterocycles. The maximum absolute atomic E-state index is 13.9. The van der Waals surface area contributed by atoms with E-state index in [1.807, 2.05) is 91.7 Å². The molecule has 0 saturated carbocycles. The minimum absolute atomic E-state index is 0.0341. The smallest absolute Gasteiger partial charge is 0.254 e. The van der Waals surface area contributed by atoms with E-state index in [1.54, 1.807) is 17.0 Å². The van der Waals surface area contributed by atoms with Crippen LogP contribution in [0.5, 0.6) is 0 Å². The van der Waals surface area contributed by atoms with Gasteiger partial charge in [0.15, 0.2) is 0 Å². The van der Waals surface area contributed by atoms with Crippen LogP contribution < -0.4 is 5.32 Å². The molecule has 7 heteroatoms. The van der Waals surface area contributed by atoms with E-state index in [1.165, 1.54) is 0 Å². The number of aromatic amines is 1. The van der Waals surface area contributed by atoms with Gasteiger partial charge in [-0.1, -0.05) is 54.1 Å². The normalized spacial score (nSPS) is 16.3. The highest BCUT2D eigenvalue weighted by molar-refractivity contribution is 5.98. The number of H-pyrrole nitrogens is 1. The minimum Gasteiger partial charge on any atom is -0.361 e. The maximum Gasteiger partial charge on any atom is 0.254 e. The van der Waals surface area contributed by atoms with E-state index in [4.69, 9.17) is 0 Å². The summed E-state index contributed by atoms with van der Waals surface area (Å²) in [6.07, 6.45) is 2.26. The minimum atomic E-state index is -0.744. The van der Waals surface area contributed by atoms with Crippen molar-refractivity contribution in [3.05, 3.63) is 107 Å². The molecule has 7 nitrogen and oxygen atoms in total. The van der Waals surface area contributed by atoms with Gasteiger partial charge in [0, 0.05) is 60.3 Å². The van der Waals surface area contributed by atoms with Crippen LogP contribution in [0.4, 0.5) is 0 Å². The zero-order chi connectivity index (χ0) is 26.6. The lowest BCUT2D eigenvalue weighted by Crippen LogP contribution is -2.59. The lowest BCUT2D eigenvalue weighted by atomic mass is 10.0. The summed E-state index contributed by atoms with van der Waals surface area (Å²) in [6, 6.07) is 23.6. The van der Waals surface area contributed by atoms with Crippen LogP contribution in [-0.4, -0.2) is 64.2 Å². The zero-order valence-electron chi connectivity index (χ0n) is 21.7. The number of hydrogen-bond acceptors (Lipinski definition) is 3. The molecule has 38 heavy (non-hydrogen) atoms. The molecule has 0 radical (unpaired) electrons. The molecule has 2 heterocycles. The highest BCUT2D eigenvalue weighted by Crippen LogP contribution is 2.21. The number of aryl methyl sites for hydroxylation is 1. The van der Waals surface area contributed by atoms with Gasteiger partial charge >= 0.3 is 0 Å². The highest BCUT2D eigenvalue weighted by Gasteiger charge is 2.34. The summed E-state index contributed by atoms with van der Waals surface area (Å²) in [7, 11) is 0. The second-order valence-corrected chi connectivity index (χ2v) is 9.95. The van der Waals surface area contributed by atoms with E-state index in [-0.39, 0.29) is 23.8 Å². The number of amides is 3. The zero-order valence-corrected chi connectivity index (χ0v) is 21.7. The van der Waals surface area contributed by atoms with Crippen LogP contribution in [0.3, 0.4) is 0 Å². The van der Waals surface area contributed by atoms with Crippen LogP contribution in [0.15, 0.2) is 85.1 Å². The fourth-order valence-electron chi connectivity index (χ4n) is 5.09. The summed E-state index contributed by atoms with van der Waals surface area (Å²) < 4.78 is 0. The number of piperazine rings is 1. The van der Waals surface area contributed by atoms with Crippen molar-refractivity contribution in [1.29, 1.82) is 0 Å². The number of aromatic nitrogens is 1. The van der Waals surface area contributed by atoms with Crippen molar-refractivity contribution < 1.29 is 14.4 Å². The van der Waals surface area contributed by atoms with Gasteiger partial charge in [-0.3, -0.25) is 14.4 Å². The van der Waals surface area contributed by atoms with Gasteiger partial charge in [-0.05, 0) is 49.7 Å². The van der Waals surface area contributed by atoms with Crippen LogP contribution in [0.25, 0.3) is 10.9 Å². The first kappa shape index (κ1) is 25.3. The third-order valence-corrected chi connectivity index (χ3v) is 7.24. The standard InChI is InChI=1S/C31H32N4O3/c1-21-12-14-23(15-13-21)29(36)33-28(18-25-19-32-27-11-7-6-10-26(25)27)31(38)34-16-17-35(22(2)20-34)30(37)24-8-4-3-5-9-24/h3-15,19,22,28,32H,16-18,20H2,1-2H3,(H,33,36). The molecule has 0 aliphatic carbocycles. The Balaban J connectivity index is 1.35. The van der Waals surface area contributed by atoms with Crippen LogP contribution in [-0.2, 0) is 11.2 Å². The molecular weight excluding hydrogens is 476 g/mol. The summed E-state index contributed by atoms with van der Waals surface area (Å²) in [5, 5.41) is 4.03. The number of fused-ring (bicyclic) bond motifs is 1. The molecule has 194 valence electrons. The van der Waals surface area contributed by atoms with Crippen molar-refractivity contribution in [2.45, 2.75) is 32.4 Å². The molecule has 2 N–H and O–H groups in total. The number of carbonyl (C=O) groups is 3. The Morgan fingerprint density at radius 1 is 0.921 bits per heavy atom. The number of rotatable bonds is 6. The van der Waals surface area contributed by atoms with Crippen LogP contribution in [0.2, 0.25) is 0 Å². The van der Waals surface area contributed by atoms with Crippen LogP contribution in [0.1, 0.15) is 38.8 Å². The van der Waals surface area contributed by atoms with Crippen molar-refractivity contribution in [1.82, 2.24) is 20.1 Å². The van der Waals surface area contributed by atoms with Crippen LogP contribution >= 0.6 is 0 Å². The summed E-state index contributed by atoms with van der Waals surface area (Å²) in [4.78, 5) is 46.9. The quantitative estimate of drug-likeness (QED) is 0.410. The van der Waals surface area contributed by atoms with Crippen LogP contribution in [0, 0.1) is 6.92 Å². The molecule has 1 aliphatic rings. The molecule has 3 amide bonds. The van der Waals surface area contributed by atoms with Gasteiger partial charge in [-0.25, -0.2) is 0 Å². The van der Waals surface area contributed by atoms with Gasteiger partial charge in [-0.2, -0.15) is 0 Å². The SMILES string of the molecule is Cc1ccc(C(=O)NC(Cc2c[nH]c3ccccc23)C(=O)N2CCN(C(=O)c3ccccc3)C(C)C2)cc1. The molecule has 1 aliphatic heterocycles. The average molecular weight is 509 g/mol. The first-order valence-corrected chi connectivity index (χ1v) is 13.0. The van der Waals surface area contributed by atoms with Gasteiger partial charge in [0.05, 0.1) is 0 Å².